The van der Waals surface area contributed by atoms with Crippen LogP contribution in [0, 0.1) is 5.92 Å². The lowest BCUT2D eigenvalue weighted by molar-refractivity contribution is -0.131. The molecule has 216 valence electrons. The van der Waals surface area contributed by atoms with Crippen LogP contribution in [0.25, 0.3) is 0 Å². The van der Waals surface area contributed by atoms with Gasteiger partial charge >= 0.3 is 0 Å². The van der Waals surface area contributed by atoms with Gasteiger partial charge in [-0.3, -0.25) is 24.1 Å². The minimum Gasteiger partial charge on any atom is -0.497 e. The smallest absolute Gasteiger partial charge is 0.243 e. The molecule has 3 amide bonds. The third-order valence-electron chi connectivity index (χ3n) is 6.94. The van der Waals surface area contributed by atoms with Crippen LogP contribution in [-0.4, -0.2) is 100 Å². The van der Waals surface area contributed by atoms with Crippen LogP contribution >= 0.6 is 0 Å². The SMILES string of the molecule is CC1CCCC1.COc1ccc(C[C@H](NC(=O)CNC(=O)CN2CCOCC2)C(=O)NCC(=O)[C@H]2CO2)cc1. The van der Waals surface area contributed by atoms with Crippen LogP contribution < -0.4 is 20.7 Å². The number of ketones is 1. The number of morpholine rings is 1. The molecule has 2 heterocycles. The summed E-state index contributed by atoms with van der Waals surface area (Å²) in [4.78, 5) is 51.0. The maximum absolute atomic E-state index is 12.7. The van der Waals surface area contributed by atoms with Gasteiger partial charge in [0.05, 0.1) is 46.6 Å². The Morgan fingerprint density at radius 2 is 1.67 bits per heavy atom. The minimum absolute atomic E-state index is 0.172. The molecule has 2 aliphatic heterocycles. The fourth-order valence-electron chi connectivity index (χ4n) is 4.42. The number of epoxide rings is 1. The van der Waals surface area contributed by atoms with E-state index in [4.69, 9.17) is 14.2 Å². The molecule has 0 bridgehead atoms. The summed E-state index contributed by atoms with van der Waals surface area (Å²) in [5.74, 6) is 0.224. The number of ether oxygens (including phenoxy) is 3. The Labute approximate surface area is 230 Å². The fourth-order valence-corrected chi connectivity index (χ4v) is 4.42. The lowest BCUT2D eigenvalue weighted by Crippen LogP contribution is -2.52. The summed E-state index contributed by atoms with van der Waals surface area (Å²) in [5.41, 5.74) is 0.796. The van der Waals surface area contributed by atoms with Crippen LogP contribution in [0.2, 0.25) is 0 Å². The number of methoxy groups -OCH3 is 1. The normalized spacial score (nSPS) is 19.7. The van der Waals surface area contributed by atoms with Crippen molar-refractivity contribution >= 4 is 23.5 Å². The largest absolute Gasteiger partial charge is 0.497 e. The van der Waals surface area contributed by atoms with Gasteiger partial charge in [0, 0.05) is 19.5 Å². The third kappa shape index (κ3) is 11.7. The molecule has 3 N–H and O–H groups in total. The molecule has 2 saturated heterocycles. The Kier molecular flexibility index (Phi) is 12.7. The molecule has 1 aromatic rings. The lowest BCUT2D eigenvalue weighted by atomic mass is 10.0. The summed E-state index contributed by atoms with van der Waals surface area (Å²) >= 11 is 0. The maximum Gasteiger partial charge on any atom is 0.243 e. The van der Waals surface area contributed by atoms with Crippen molar-refractivity contribution in [3.8, 4) is 5.75 Å². The van der Waals surface area contributed by atoms with E-state index >= 15 is 0 Å². The number of Topliss-reactive ketones (excluding diaryl/α,β-unsaturated/α-hetero) is 1. The van der Waals surface area contributed by atoms with E-state index in [9.17, 15) is 19.2 Å². The monoisotopic (exact) mass is 546 g/mol. The van der Waals surface area contributed by atoms with E-state index < -0.39 is 24.0 Å². The van der Waals surface area contributed by atoms with E-state index in [1.165, 1.54) is 25.7 Å². The molecule has 0 aromatic heterocycles. The average molecular weight is 547 g/mol. The zero-order chi connectivity index (χ0) is 28.0. The van der Waals surface area contributed by atoms with Crippen molar-refractivity contribution < 1.29 is 33.4 Å². The molecule has 3 fully saturated rings. The van der Waals surface area contributed by atoms with Crippen molar-refractivity contribution in [3.05, 3.63) is 29.8 Å². The molecular formula is C28H42N4O7. The van der Waals surface area contributed by atoms with Crippen LogP contribution in [0.1, 0.15) is 38.2 Å². The van der Waals surface area contributed by atoms with Crippen LogP contribution in [0.3, 0.4) is 0 Å². The number of benzene rings is 1. The Bertz CT molecular complexity index is 940. The summed E-state index contributed by atoms with van der Waals surface area (Å²) in [7, 11) is 1.55. The summed E-state index contributed by atoms with van der Waals surface area (Å²) in [6.45, 7) is 4.92. The van der Waals surface area contributed by atoms with Gasteiger partial charge in [0.15, 0.2) is 5.78 Å². The number of carbonyl (C=O) groups is 4. The number of amides is 3. The van der Waals surface area contributed by atoms with E-state index in [0.717, 1.165) is 11.5 Å². The second kappa shape index (κ2) is 16.2. The van der Waals surface area contributed by atoms with Gasteiger partial charge in [0.25, 0.3) is 0 Å². The molecule has 11 heteroatoms. The summed E-state index contributed by atoms with van der Waals surface area (Å²) < 4.78 is 15.3. The van der Waals surface area contributed by atoms with Gasteiger partial charge < -0.3 is 30.2 Å². The van der Waals surface area contributed by atoms with Crippen LogP contribution in [0.5, 0.6) is 5.75 Å². The van der Waals surface area contributed by atoms with E-state index in [-0.39, 0.29) is 37.7 Å². The highest BCUT2D eigenvalue weighted by Crippen LogP contribution is 2.23. The summed E-state index contributed by atoms with van der Waals surface area (Å²) in [5, 5.41) is 7.78. The first-order valence-corrected chi connectivity index (χ1v) is 13.7. The number of nitrogens with one attached hydrogen (secondary N) is 3. The predicted molar refractivity (Wildman–Crippen MR) is 144 cm³/mol. The number of nitrogens with zero attached hydrogens (tertiary/aromatic N) is 1. The molecule has 0 unspecified atom stereocenters. The van der Waals surface area contributed by atoms with Crippen LogP contribution in [0.15, 0.2) is 24.3 Å². The fraction of sp³-hybridized carbons (Fsp3) is 0.643. The average Bonchev–Trinajstić information content (AvgIpc) is 3.69. The lowest BCUT2D eigenvalue weighted by Gasteiger charge is -2.25. The third-order valence-corrected chi connectivity index (χ3v) is 6.94. The molecule has 1 saturated carbocycles. The van der Waals surface area contributed by atoms with Gasteiger partial charge in [0.1, 0.15) is 17.9 Å². The quantitative estimate of drug-likeness (QED) is 0.321. The highest BCUT2D eigenvalue weighted by molar-refractivity contribution is 5.94. The molecule has 39 heavy (non-hydrogen) atoms. The molecule has 0 radical (unpaired) electrons. The Morgan fingerprint density at radius 3 is 2.23 bits per heavy atom. The number of hydrogen-bond donors (Lipinski definition) is 3. The standard InChI is InChI=1S/C22H30N4O7.C6H12/c1-31-16-4-2-15(3-5-16)10-17(22(30)24-11-18(27)19-14-33-19)25-20(28)12-23-21(29)13-26-6-8-32-9-7-26;1-6-4-2-3-5-6/h2-5,17,19H,6-14H2,1H3,(H,23,29)(H,24,30)(H,25,28);6H,2-5H2,1H3/t17-,19+;/m0./s1. The molecule has 1 aliphatic carbocycles. The predicted octanol–water partition coefficient (Wildman–Crippen LogP) is 0.452. The summed E-state index contributed by atoms with van der Waals surface area (Å²) in [6.07, 6.45) is 5.70. The van der Waals surface area contributed by atoms with Gasteiger partial charge in [-0.2, -0.15) is 0 Å². The highest BCUT2D eigenvalue weighted by atomic mass is 16.6. The zero-order valence-electron chi connectivity index (χ0n) is 23.0. The van der Waals surface area contributed by atoms with E-state index in [0.29, 0.717) is 38.7 Å². The van der Waals surface area contributed by atoms with Gasteiger partial charge in [-0.1, -0.05) is 44.7 Å². The second-order valence-electron chi connectivity index (χ2n) is 10.2. The molecule has 2 atom stereocenters. The first kappa shape index (κ1) is 30.5. The number of hydrogen-bond acceptors (Lipinski definition) is 8. The van der Waals surface area contributed by atoms with Crippen molar-refractivity contribution in [2.45, 2.75) is 51.2 Å². The van der Waals surface area contributed by atoms with Crippen molar-refractivity contribution in [2.24, 2.45) is 5.92 Å². The van der Waals surface area contributed by atoms with Crippen LogP contribution in [0.4, 0.5) is 0 Å². The second-order valence-corrected chi connectivity index (χ2v) is 10.2. The molecule has 11 nitrogen and oxygen atoms in total. The minimum atomic E-state index is -0.921. The number of carbonyl (C=O) groups excluding carboxylic acids is 4. The zero-order valence-corrected chi connectivity index (χ0v) is 23.0. The topological polar surface area (TPSA) is 139 Å². The molecule has 0 spiro atoms. The van der Waals surface area contributed by atoms with Gasteiger partial charge in [-0.15, -0.1) is 0 Å². The van der Waals surface area contributed by atoms with Crippen molar-refractivity contribution in [2.75, 3.05) is 59.7 Å². The maximum atomic E-state index is 12.7. The van der Waals surface area contributed by atoms with Crippen LogP contribution in [-0.2, 0) is 35.1 Å². The van der Waals surface area contributed by atoms with Crippen molar-refractivity contribution in [3.63, 3.8) is 0 Å². The van der Waals surface area contributed by atoms with Crippen molar-refractivity contribution in [1.82, 2.24) is 20.9 Å². The Balaban J connectivity index is 0.000000617. The highest BCUT2D eigenvalue weighted by Gasteiger charge is 2.31. The molecule has 4 rings (SSSR count). The Morgan fingerprint density at radius 1 is 1.00 bits per heavy atom. The first-order chi connectivity index (χ1) is 18.8. The van der Waals surface area contributed by atoms with E-state index in [2.05, 4.69) is 22.9 Å². The first-order valence-electron chi connectivity index (χ1n) is 13.7. The molecule has 1 aromatic carbocycles. The van der Waals surface area contributed by atoms with Gasteiger partial charge in [-0.25, -0.2) is 0 Å². The molecular weight excluding hydrogens is 504 g/mol. The van der Waals surface area contributed by atoms with E-state index in [1.54, 1.807) is 31.4 Å². The summed E-state index contributed by atoms with van der Waals surface area (Å²) in [6, 6.07) is 6.17. The van der Waals surface area contributed by atoms with Gasteiger partial charge in [0.2, 0.25) is 17.7 Å². The molecule has 3 aliphatic rings. The van der Waals surface area contributed by atoms with Crippen molar-refractivity contribution in [1.29, 1.82) is 0 Å². The Hall–Kier alpha value is -3.02. The van der Waals surface area contributed by atoms with E-state index in [1.807, 2.05) is 4.90 Å². The van der Waals surface area contributed by atoms with Gasteiger partial charge in [-0.05, 0) is 23.6 Å². The number of rotatable bonds is 12.